The molecule has 1 N–H and O–H groups in total. The van der Waals surface area contributed by atoms with Crippen LogP contribution in [0.1, 0.15) is 15.9 Å². The number of hydrogen-bond donors (Lipinski definition) is 1. The zero-order valence-electron chi connectivity index (χ0n) is 15.8. The number of aromatic nitrogens is 1. The topological polar surface area (TPSA) is 63.7 Å². The van der Waals surface area contributed by atoms with E-state index in [1.54, 1.807) is 44.7 Å². The van der Waals surface area contributed by atoms with Crippen LogP contribution in [0.25, 0.3) is 0 Å². The van der Waals surface area contributed by atoms with Crippen molar-refractivity contribution in [2.45, 2.75) is 6.42 Å². The first-order valence-corrected chi connectivity index (χ1v) is 9.04. The Hall–Kier alpha value is -3.54. The number of carbonyl (C=O) groups is 1. The molecule has 0 saturated carbocycles. The summed E-state index contributed by atoms with van der Waals surface area (Å²) in [5.74, 6) is 1.73. The highest BCUT2D eigenvalue weighted by Gasteiger charge is 2.21. The molecule has 3 aromatic rings. The molecule has 4 rings (SSSR count). The molecule has 1 aromatic heterocycles. The van der Waals surface area contributed by atoms with Gasteiger partial charge in [0.15, 0.2) is 11.5 Å². The maximum absolute atomic E-state index is 12.8. The van der Waals surface area contributed by atoms with Crippen LogP contribution in [0.15, 0.2) is 60.8 Å². The molecule has 2 heterocycles. The number of nitrogens with zero attached hydrogens (tertiary/aromatic N) is 2. The summed E-state index contributed by atoms with van der Waals surface area (Å²) in [7, 11) is 3.14. The molecule has 1 amide bonds. The van der Waals surface area contributed by atoms with E-state index >= 15 is 0 Å². The van der Waals surface area contributed by atoms with E-state index in [0.29, 0.717) is 22.7 Å². The lowest BCUT2D eigenvalue weighted by molar-refractivity contribution is 0.102. The van der Waals surface area contributed by atoms with Crippen LogP contribution in [0.5, 0.6) is 11.5 Å². The molecule has 0 bridgehead atoms. The third-order valence-electron chi connectivity index (χ3n) is 4.81. The molecule has 0 saturated heterocycles. The average Bonchev–Trinajstić information content (AvgIpc) is 3.18. The molecule has 0 unspecified atom stereocenters. The average molecular weight is 375 g/mol. The fourth-order valence-corrected chi connectivity index (χ4v) is 3.40. The number of carbonyl (C=O) groups excluding carboxylic acids is 1. The van der Waals surface area contributed by atoms with Crippen molar-refractivity contribution in [2.24, 2.45) is 0 Å². The van der Waals surface area contributed by atoms with Gasteiger partial charge in [-0.3, -0.25) is 4.79 Å². The molecule has 0 atom stereocenters. The Labute approximate surface area is 163 Å². The predicted molar refractivity (Wildman–Crippen MR) is 109 cm³/mol. The molecule has 1 aliphatic heterocycles. The summed E-state index contributed by atoms with van der Waals surface area (Å²) in [6, 6.07) is 17.1. The smallest absolute Gasteiger partial charge is 0.255 e. The maximum Gasteiger partial charge on any atom is 0.255 e. The number of anilines is 3. The molecule has 142 valence electrons. The van der Waals surface area contributed by atoms with Crippen molar-refractivity contribution in [1.29, 1.82) is 0 Å². The van der Waals surface area contributed by atoms with Gasteiger partial charge in [0.1, 0.15) is 5.82 Å². The second kappa shape index (κ2) is 7.60. The number of para-hydroxylation sites is 1. The van der Waals surface area contributed by atoms with E-state index in [1.807, 2.05) is 18.2 Å². The summed E-state index contributed by atoms with van der Waals surface area (Å²) < 4.78 is 10.5. The Morgan fingerprint density at radius 2 is 1.86 bits per heavy atom. The van der Waals surface area contributed by atoms with E-state index in [1.165, 1.54) is 5.56 Å². The largest absolute Gasteiger partial charge is 0.493 e. The van der Waals surface area contributed by atoms with E-state index in [2.05, 4.69) is 27.3 Å². The van der Waals surface area contributed by atoms with Crippen molar-refractivity contribution >= 4 is 23.1 Å². The van der Waals surface area contributed by atoms with Gasteiger partial charge in [0.05, 0.1) is 14.2 Å². The molecule has 2 aromatic carbocycles. The fraction of sp³-hybridized carbons (Fsp3) is 0.182. The molecule has 28 heavy (non-hydrogen) atoms. The summed E-state index contributed by atoms with van der Waals surface area (Å²) in [4.78, 5) is 19.4. The molecule has 1 aliphatic rings. The van der Waals surface area contributed by atoms with Crippen LogP contribution >= 0.6 is 0 Å². The fourth-order valence-electron chi connectivity index (χ4n) is 3.40. The van der Waals surface area contributed by atoms with Crippen molar-refractivity contribution in [2.75, 3.05) is 31.0 Å². The normalized spacial score (nSPS) is 12.4. The van der Waals surface area contributed by atoms with Crippen LogP contribution in [-0.4, -0.2) is 31.7 Å². The summed E-state index contributed by atoms with van der Waals surface area (Å²) in [5.41, 5.74) is 3.62. The number of benzene rings is 2. The Bertz CT molecular complexity index is 1020. The van der Waals surface area contributed by atoms with Crippen LogP contribution in [0.4, 0.5) is 17.2 Å². The third kappa shape index (κ3) is 3.36. The molecule has 6 heteroatoms. The highest BCUT2D eigenvalue weighted by Crippen LogP contribution is 2.33. The number of rotatable bonds is 5. The number of methoxy groups -OCH3 is 2. The second-order valence-corrected chi connectivity index (χ2v) is 6.46. The van der Waals surface area contributed by atoms with Gasteiger partial charge in [-0.05, 0) is 42.3 Å². The SMILES string of the molecule is COc1ccc(NC(=O)c2ccnc(N3CCc4ccccc43)c2)cc1OC. The first kappa shape index (κ1) is 17.9. The summed E-state index contributed by atoms with van der Waals surface area (Å²) in [5, 5.41) is 2.90. The van der Waals surface area contributed by atoms with Crippen LogP contribution in [0, 0.1) is 0 Å². The van der Waals surface area contributed by atoms with Gasteiger partial charge in [-0.2, -0.15) is 0 Å². The van der Waals surface area contributed by atoms with Gasteiger partial charge in [-0.25, -0.2) is 4.98 Å². The van der Waals surface area contributed by atoms with E-state index in [-0.39, 0.29) is 5.91 Å². The van der Waals surface area contributed by atoms with Gasteiger partial charge in [0.2, 0.25) is 0 Å². The number of pyridine rings is 1. The zero-order valence-corrected chi connectivity index (χ0v) is 15.8. The number of hydrogen-bond acceptors (Lipinski definition) is 5. The molecule has 0 spiro atoms. The Balaban J connectivity index is 1.56. The van der Waals surface area contributed by atoms with Crippen LogP contribution < -0.4 is 19.7 Å². The standard InChI is InChI=1S/C22H21N3O3/c1-27-19-8-7-17(14-20(19)28-2)24-22(26)16-9-11-23-21(13-16)25-12-10-15-5-3-4-6-18(15)25/h3-9,11,13-14H,10,12H2,1-2H3,(H,24,26). The van der Waals surface area contributed by atoms with Crippen LogP contribution in [0.3, 0.4) is 0 Å². The van der Waals surface area contributed by atoms with Crippen molar-refractivity contribution < 1.29 is 14.3 Å². The minimum absolute atomic E-state index is 0.205. The van der Waals surface area contributed by atoms with Gasteiger partial charge in [0, 0.05) is 35.7 Å². The van der Waals surface area contributed by atoms with Crippen LogP contribution in [-0.2, 0) is 6.42 Å². The number of fused-ring (bicyclic) bond motifs is 1. The Morgan fingerprint density at radius 3 is 2.68 bits per heavy atom. The lowest BCUT2D eigenvalue weighted by Gasteiger charge is -2.19. The Morgan fingerprint density at radius 1 is 1.04 bits per heavy atom. The minimum atomic E-state index is -0.205. The number of amides is 1. The van der Waals surface area contributed by atoms with Crippen molar-refractivity contribution in [3.8, 4) is 11.5 Å². The van der Waals surface area contributed by atoms with Gasteiger partial charge in [-0.1, -0.05) is 18.2 Å². The monoisotopic (exact) mass is 375 g/mol. The molecular weight excluding hydrogens is 354 g/mol. The van der Waals surface area contributed by atoms with Crippen molar-refractivity contribution in [3.63, 3.8) is 0 Å². The van der Waals surface area contributed by atoms with E-state index in [9.17, 15) is 4.79 Å². The highest BCUT2D eigenvalue weighted by atomic mass is 16.5. The van der Waals surface area contributed by atoms with Gasteiger partial charge in [-0.15, -0.1) is 0 Å². The summed E-state index contributed by atoms with van der Waals surface area (Å²) >= 11 is 0. The van der Waals surface area contributed by atoms with Gasteiger partial charge < -0.3 is 19.7 Å². The zero-order chi connectivity index (χ0) is 19.5. The number of nitrogens with one attached hydrogen (secondary N) is 1. The van der Waals surface area contributed by atoms with E-state index < -0.39 is 0 Å². The van der Waals surface area contributed by atoms with Crippen molar-refractivity contribution in [3.05, 3.63) is 71.9 Å². The molecule has 0 radical (unpaired) electrons. The summed E-state index contributed by atoms with van der Waals surface area (Å²) in [6.07, 6.45) is 2.64. The molecule has 6 nitrogen and oxygen atoms in total. The van der Waals surface area contributed by atoms with Gasteiger partial charge in [0.25, 0.3) is 5.91 Å². The lowest BCUT2D eigenvalue weighted by atomic mass is 10.2. The molecular formula is C22H21N3O3. The second-order valence-electron chi connectivity index (χ2n) is 6.46. The third-order valence-corrected chi connectivity index (χ3v) is 4.81. The first-order chi connectivity index (χ1) is 13.7. The summed E-state index contributed by atoms with van der Waals surface area (Å²) in [6.45, 7) is 0.854. The maximum atomic E-state index is 12.8. The van der Waals surface area contributed by atoms with E-state index in [4.69, 9.17) is 9.47 Å². The van der Waals surface area contributed by atoms with Crippen molar-refractivity contribution in [1.82, 2.24) is 4.98 Å². The van der Waals surface area contributed by atoms with Crippen LogP contribution in [0.2, 0.25) is 0 Å². The highest BCUT2D eigenvalue weighted by molar-refractivity contribution is 6.04. The molecule has 0 fully saturated rings. The van der Waals surface area contributed by atoms with Gasteiger partial charge >= 0.3 is 0 Å². The minimum Gasteiger partial charge on any atom is -0.493 e. The molecule has 0 aliphatic carbocycles. The lowest BCUT2D eigenvalue weighted by Crippen LogP contribution is -2.17. The number of ether oxygens (including phenoxy) is 2. The Kier molecular flexibility index (Phi) is 4.85. The quantitative estimate of drug-likeness (QED) is 0.729. The predicted octanol–water partition coefficient (Wildman–Crippen LogP) is 4.05. The van der Waals surface area contributed by atoms with E-state index in [0.717, 1.165) is 24.5 Å². The first-order valence-electron chi connectivity index (χ1n) is 9.04.